The molecule has 0 saturated carbocycles. The number of benzene rings is 1. The van der Waals surface area contributed by atoms with E-state index in [1.807, 2.05) is 0 Å². The van der Waals surface area contributed by atoms with E-state index in [1.165, 1.54) is 11.3 Å². The van der Waals surface area contributed by atoms with Crippen molar-refractivity contribution in [2.24, 2.45) is 11.5 Å². The number of amides is 1. The molecule has 1 heterocycles. The first-order chi connectivity index (χ1) is 9.47. The molecular formula is C12H12N4O3S. The molecule has 2 aromatic rings. The third-order valence-electron chi connectivity index (χ3n) is 2.51. The van der Waals surface area contributed by atoms with Crippen molar-refractivity contribution in [3.63, 3.8) is 0 Å². The molecule has 0 bridgehead atoms. The van der Waals surface area contributed by atoms with Crippen LogP contribution in [-0.4, -0.2) is 22.0 Å². The predicted molar refractivity (Wildman–Crippen MR) is 74.9 cm³/mol. The van der Waals surface area contributed by atoms with E-state index in [0.29, 0.717) is 16.4 Å². The third kappa shape index (κ3) is 3.11. The van der Waals surface area contributed by atoms with Gasteiger partial charge in [-0.05, 0) is 18.2 Å². The summed E-state index contributed by atoms with van der Waals surface area (Å²) in [5, 5.41) is 13.8. The number of nitrogens with zero attached hydrogens (tertiary/aromatic N) is 1. The molecular weight excluding hydrogens is 280 g/mol. The molecule has 0 radical (unpaired) electrons. The fourth-order valence-corrected chi connectivity index (χ4v) is 2.25. The molecule has 1 unspecified atom stereocenters. The van der Waals surface area contributed by atoms with Crippen LogP contribution >= 0.6 is 11.3 Å². The highest BCUT2D eigenvalue weighted by Crippen LogP contribution is 2.23. The van der Waals surface area contributed by atoms with Crippen LogP contribution in [-0.2, 0) is 4.79 Å². The lowest BCUT2D eigenvalue weighted by atomic mass is 10.2. The van der Waals surface area contributed by atoms with Crippen LogP contribution in [0.25, 0.3) is 0 Å². The number of hydrogen-bond donors (Lipinski definition) is 4. The zero-order valence-electron chi connectivity index (χ0n) is 10.2. The van der Waals surface area contributed by atoms with Crippen LogP contribution < -0.4 is 16.8 Å². The number of nitrogens with one attached hydrogen (secondary N) is 1. The number of aliphatic carboxylic acids is 1. The van der Waals surface area contributed by atoms with Gasteiger partial charge in [-0.25, -0.2) is 4.98 Å². The van der Waals surface area contributed by atoms with E-state index in [2.05, 4.69) is 10.3 Å². The van der Waals surface area contributed by atoms with Gasteiger partial charge in [-0.2, -0.15) is 0 Å². The van der Waals surface area contributed by atoms with E-state index in [4.69, 9.17) is 16.6 Å². The lowest BCUT2D eigenvalue weighted by molar-refractivity contribution is -0.138. The van der Waals surface area contributed by atoms with Crippen molar-refractivity contribution in [1.82, 2.24) is 4.98 Å². The molecule has 0 fully saturated rings. The summed E-state index contributed by atoms with van der Waals surface area (Å²) in [5.41, 5.74) is 11.9. The maximum atomic E-state index is 11.1. The summed E-state index contributed by atoms with van der Waals surface area (Å²) >= 11 is 1.22. The first-order valence-electron chi connectivity index (χ1n) is 5.58. The highest BCUT2D eigenvalue weighted by atomic mass is 32.1. The monoisotopic (exact) mass is 292 g/mol. The van der Waals surface area contributed by atoms with E-state index >= 15 is 0 Å². The summed E-state index contributed by atoms with van der Waals surface area (Å²) in [6.07, 6.45) is 0. The second-order valence-electron chi connectivity index (χ2n) is 3.96. The summed E-state index contributed by atoms with van der Waals surface area (Å²) in [6, 6.07) is 5.45. The van der Waals surface area contributed by atoms with Crippen molar-refractivity contribution in [1.29, 1.82) is 0 Å². The number of thiazole rings is 1. The first kappa shape index (κ1) is 14.0. The number of carbonyl (C=O) groups excluding carboxylic acids is 1. The molecule has 0 aliphatic heterocycles. The average Bonchev–Trinajstić information content (AvgIpc) is 2.86. The Bertz CT molecular complexity index is 656. The molecule has 1 aromatic carbocycles. The molecule has 1 atom stereocenters. The van der Waals surface area contributed by atoms with Gasteiger partial charge in [0.1, 0.15) is 6.04 Å². The zero-order chi connectivity index (χ0) is 14.7. The minimum atomic E-state index is -1.15. The van der Waals surface area contributed by atoms with Gasteiger partial charge in [0.05, 0.1) is 5.69 Å². The minimum Gasteiger partial charge on any atom is -0.480 e. The van der Waals surface area contributed by atoms with Gasteiger partial charge in [0, 0.05) is 16.6 Å². The summed E-state index contributed by atoms with van der Waals surface area (Å²) in [5.74, 6) is -1.67. The number of anilines is 2. The number of carbonyl (C=O) groups is 2. The van der Waals surface area contributed by atoms with Crippen LogP contribution in [0.15, 0.2) is 29.6 Å². The summed E-state index contributed by atoms with van der Waals surface area (Å²) < 4.78 is 0. The summed E-state index contributed by atoms with van der Waals surface area (Å²) in [4.78, 5) is 25.9. The van der Waals surface area contributed by atoms with Crippen LogP contribution in [0, 0.1) is 0 Å². The summed E-state index contributed by atoms with van der Waals surface area (Å²) in [7, 11) is 0. The van der Waals surface area contributed by atoms with Crippen molar-refractivity contribution < 1.29 is 14.7 Å². The van der Waals surface area contributed by atoms with Crippen molar-refractivity contribution in [3.05, 3.63) is 40.9 Å². The quantitative estimate of drug-likeness (QED) is 0.652. The van der Waals surface area contributed by atoms with Gasteiger partial charge in [0.25, 0.3) is 0 Å². The lowest BCUT2D eigenvalue weighted by Gasteiger charge is -2.04. The van der Waals surface area contributed by atoms with Gasteiger partial charge in [0.15, 0.2) is 5.13 Å². The maximum absolute atomic E-state index is 11.1. The number of aromatic nitrogens is 1. The van der Waals surface area contributed by atoms with Crippen LogP contribution in [0.2, 0.25) is 0 Å². The standard InChI is InChI=1S/C12H12N4O3S/c13-9(11(18)19)8-5-20-12(16-8)15-7-3-1-2-6(4-7)10(14)17/h1-5,9H,13H2,(H2,14,17)(H,15,16)(H,18,19). The van der Waals surface area contributed by atoms with E-state index in [1.54, 1.807) is 29.6 Å². The molecule has 20 heavy (non-hydrogen) atoms. The molecule has 1 aromatic heterocycles. The molecule has 0 aliphatic rings. The molecule has 0 saturated heterocycles. The van der Waals surface area contributed by atoms with Crippen molar-refractivity contribution in [2.75, 3.05) is 5.32 Å². The Hall–Kier alpha value is -2.45. The fourth-order valence-electron chi connectivity index (χ4n) is 1.49. The normalized spacial score (nSPS) is 11.8. The first-order valence-corrected chi connectivity index (χ1v) is 6.46. The Morgan fingerprint density at radius 3 is 2.80 bits per heavy atom. The Balaban J connectivity index is 2.16. The molecule has 1 amide bonds. The predicted octanol–water partition coefficient (Wildman–Crippen LogP) is 1.07. The van der Waals surface area contributed by atoms with Gasteiger partial charge in [-0.1, -0.05) is 6.07 Å². The molecule has 2 rings (SSSR count). The second-order valence-corrected chi connectivity index (χ2v) is 4.82. The number of nitrogens with two attached hydrogens (primary N) is 2. The Kier molecular flexibility index (Phi) is 3.97. The largest absolute Gasteiger partial charge is 0.480 e. The van der Waals surface area contributed by atoms with E-state index in [9.17, 15) is 9.59 Å². The number of carboxylic acid groups (broad SMARTS) is 1. The van der Waals surface area contributed by atoms with Crippen LogP contribution in [0.3, 0.4) is 0 Å². The highest BCUT2D eigenvalue weighted by Gasteiger charge is 2.17. The zero-order valence-corrected chi connectivity index (χ0v) is 11.1. The smallest absolute Gasteiger partial charge is 0.326 e. The molecule has 6 N–H and O–H groups in total. The van der Waals surface area contributed by atoms with Gasteiger partial charge < -0.3 is 21.9 Å². The second kappa shape index (κ2) is 5.68. The number of primary amides is 1. The van der Waals surface area contributed by atoms with E-state index in [-0.39, 0.29) is 5.69 Å². The molecule has 8 heteroatoms. The van der Waals surface area contributed by atoms with E-state index in [0.717, 1.165) is 0 Å². The summed E-state index contributed by atoms with van der Waals surface area (Å²) in [6.45, 7) is 0. The molecule has 0 spiro atoms. The number of hydrogen-bond acceptors (Lipinski definition) is 6. The molecule has 0 aliphatic carbocycles. The number of carboxylic acids is 1. The van der Waals surface area contributed by atoms with E-state index < -0.39 is 17.9 Å². The fraction of sp³-hybridized carbons (Fsp3) is 0.0833. The SMILES string of the molecule is NC(=O)c1cccc(Nc2nc(C(N)C(=O)O)cs2)c1. The third-order valence-corrected chi connectivity index (χ3v) is 3.28. The Labute approximate surface area is 118 Å². The van der Waals surface area contributed by atoms with Gasteiger partial charge in [0.2, 0.25) is 5.91 Å². The van der Waals surface area contributed by atoms with Crippen molar-refractivity contribution >= 4 is 34.0 Å². The van der Waals surface area contributed by atoms with Crippen molar-refractivity contribution in [2.45, 2.75) is 6.04 Å². The number of rotatable bonds is 5. The minimum absolute atomic E-state index is 0.274. The Morgan fingerprint density at radius 2 is 2.15 bits per heavy atom. The van der Waals surface area contributed by atoms with Crippen LogP contribution in [0.1, 0.15) is 22.1 Å². The molecule has 104 valence electrons. The van der Waals surface area contributed by atoms with Crippen LogP contribution in [0.4, 0.5) is 10.8 Å². The van der Waals surface area contributed by atoms with Gasteiger partial charge >= 0.3 is 5.97 Å². The maximum Gasteiger partial charge on any atom is 0.326 e. The van der Waals surface area contributed by atoms with Gasteiger partial charge in [-0.15, -0.1) is 11.3 Å². The van der Waals surface area contributed by atoms with Crippen molar-refractivity contribution in [3.8, 4) is 0 Å². The lowest BCUT2D eigenvalue weighted by Crippen LogP contribution is -2.20. The van der Waals surface area contributed by atoms with Crippen LogP contribution in [0.5, 0.6) is 0 Å². The topological polar surface area (TPSA) is 131 Å². The Morgan fingerprint density at radius 1 is 1.40 bits per heavy atom. The highest BCUT2D eigenvalue weighted by molar-refractivity contribution is 7.13. The van der Waals surface area contributed by atoms with Gasteiger partial charge in [-0.3, -0.25) is 9.59 Å². The molecule has 7 nitrogen and oxygen atoms in total. The average molecular weight is 292 g/mol.